The van der Waals surface area contributed by atoms with E-state index >= 15 is 0 Å². The molecule has 1 saturated heterocycles. The van der Waals surface area contributed by atoms with Gasteiger partial charge in [0.2, 0.25) is 0 Å². The minimum atomic E-state index is 0.925. The lowest BCUT2D eigenvalue weighted by Gasteiger charge is -2.33. The van der Waals surface area contributed by atoms with Gasteiger partial charge in [0.25, 0.3) is 0 Å². The van der Waals surface area contributed by atoms with Crippen molar-refractivity contribution in [3.05, 3.63) is 64.9 Å². The van der Waals surface area contributed by atoms with Crippen molar-refractivity contribution < 1.29 is 0 Å². The molecule has 5 nitrogen and oxygen atoms in total. The van der Waals surface area contributed by atoms with Gasteiger partial charge in [-0.05, 0) is 23.6 Å². The number of hydrogen-bond donors (Lipinski definition) is 0. The van der Waals surface area contributed by atoms with E-state index in [4.69, 9.17) is 9.97 Å². The third-order valence-electron chi connectivity index (χ3n) is 4.93. The maximum atomic E-state index is 4.82. The van der Waals surface area contributed by atoms with Gasteiger partial charge in [-0.25, -0.2) is 9.97 Å². The van der Waals surface area contributed by atoms with Crippen LogP contribution in [-0.2, 0) is 13.1 Å². The van der Waals surface area contributed by atoms with Crippen LogP contribution in [0.5, 0.6) is 0 Å². The zero-order valence-corrected chi connectivity index (χ0v) is 16.6. The van der Waals surface area contributed by atoms with Gasteiger partial charge in [0, 0.05) is 57.0 Å². The molecule has 0 spiro atoms. The molecule has 27 heavy (non-hydrogen) atoms. The summed E-state index contributed by atoms with van der Waals surface area (Å²) in [5.41, 5.74) is 3.36. The number of nitrogens with zero attached hydrogens (tertiary/aromatic N) is 5. The summed E-state index contributed by atoms with van der Waals surface area (Å²) < 4.78 is 2.10. The van der Waals surface area contributed by atoms with E-state index in [-0.39, 0.29) is 0 Å². The molecule has 4 aromatic rings. The highest BCUT2D eigenvalue weighted by molar-refractivity contribution is 7.20. The highest BCUT2D eigenvalue weighted by Gasteiger charge is 2.19. The van der Waals surface area contributed by atoms with E-state index in [2.05, 4.69) is 55.6 Å². The Kier molecular flexibility index (Phi) is 4.75. The predicted octanol–water partition coefficient (Wildman–Crippen LogP) is 3.84. The Hall–Kier alpha value is -2.06. The Bertz CT molecular complexity index is 979. The molecule has 0 amide bonds. The van der Waals surface area contributed by atoms with Crippen LogP contribution in [0.1, 0.15) is 11.4 Å². The third-order valence-corrected chi connectivity index (χ3v) is 6.86. The first-order chi connectivity index (χ1) is 13.3. The highest BCUT2D eigenvalue weighted by Crippen LogP contribution is 2.28. The Morgan fingerprint density at radius 3 is 2.41 bits per heavy atom. The normalized spacial score (nSPS) is 16.3. The molecular formula is C20H21N5S2. The van der Waals surface area contributed by atoms with Gasteiger partial charge in [-0.3, -0.25) is 9.80 Å². The molecule has 1 fully saturated rings. The molecule has 1 aliphatic heterocycles. The summed E-state index contributed by atoms with van der Waals surface area (Å²) in [5.74, 6) is 0. The monoisotopic (exact) mass is 395 g/mol. The second kappa shape index (κ2) is 7.52. The Morgan fingerprint density at radius 2 is 1.67 bits per heavy atom. The Morgan fingerprint density at radius 1 is 0.852 bits per heavy atom. The number of aromatic nitrogens is 3. The summed E-state index contributed by atoms with van der Waals surface area (Å²) in [6.45, 7) is 6.20. The van der Waals surface area contributed by atoms with Gasteiger partial charge in [0.05, 0.1) is 16.3 Å². The molecule has 0 radical (unpaired) electrons. The van der Waals surface area contributed by atoms with E-state index in [9.17, 15) is 0 Å². The number of rotatable bonds is 5. The third kappa shape index (κ3) is 3.82. The molecule has 138 valence electrons. The number of thiazole rings is 1. The number of pyridine rings is 1. The van der Waals surface area contributed by atoms with Gasteiger partial charge in [0.1, 0.15) is 10.7 Å². The molecule has 5 rings (SSSR count). The van der Waals surface area contributed by atoms with Crippen molar-refractivity contribution in [1.29, 1.82) is 0 Å². The van der Waals surface area contributed by atoms with Gasteiger partial charge in [-0.2, -0.15) is 0 Å². The van der Waals surface area contributed by atoms with Crippen LogP contribution in [0, 0.1) is 0 Å². The second-order valence-electron chi connectivity index (χ2n) is 6.87. The van der Waals surface area contributed by atoms with E-state index in [1.807, 2.05) is 12.1 Å². The lowest BCUT2D eigenvalue weighted by Crippen LogP contribution is -2.45. The number of thiophene rings is 1. The lowest BCUT2D eigenvalue weighted by atomic mass is 10.3. The fourth-order valence-corrected chi connectivity index (χ4v) is 5.15. The average molecular weight is 396 g/mol. The van der Waals surface area contributed by atoms with Crippen LogP contribution in [-0.4, -0.2) is 50.3 Å². The van der Waals surface area contributed by atoms with Crippen LogP contribution >= 0.6 is 22.7 Å². The standard InChI is InChI=1S/C20H21N5S2/c1-2-6-25-14-16(21-19(25)5-1)12-23-7-9-24(10-8-23)13-17-15-27-20(22-17)18-4-3-11-26-18/h1-6,11,14-15H,7-10,12-13H2. The zero-order chi connectivity index (χ0) is 18.1. The molecule has 5 heterocycles. The molecule has 0 bridgehead atoms. The van der Waals surface area contributed by atoms with Crippen LogP contribution in [0.25, 0.3) is 15.5 Å². The van der Waals surface area contributed by atoms with E-state index in [0.29, 0.717) is 0 Å². The number of fused-ring (bicyclic) bond motifs is 1. The quantitative estimate of drug-likeness (QED) is 0.515. The first kappa shape index (κ1) is 17.1. The minimum Gasteiger partial charge on any atom is -0.307 e. The van der Waals surface area contributed by atoms with Crippen LogP contribution in [0.4, 0.5) is 0 Å². The van der Waals surface area contributed by atoms with E-state index in [1.54, 1.807) is 22.7 Å². The first-order valence-corrected chi connectivity index (χ1v) is 10.9. The van der Waals surface area contributed by atoms with Crippen LogP contribution in [0.15, 0.2) is 53.5 Å². The highest BCUT2D eigenvalue weighted by atomic mass is 32.1. The van der Waals surface area contributed by atoms with Crippen LogP contribution < -0.4 is 0 Å². The molecule has 0 saturated carbocycles. The van der Waals surface area contributed by atoms with Crippen molar-refractivity contribution in [2.24, 2.45) is 0 Å². The van der Waals surface area contributed by atoms with Gasteiger partial charge in [-0.1, -0.05) is 12.1 Å². The van der Waals surface area contributed by atoms with Crippen LogP contribution in [0.2, 0.25) is 0 Å². The minimum absolute atomic E-state index is 0.925. The zero-order valence-electron chi connectivity index (χ0n) is 15.0. The van der Waals surface area contributed by atoms with Gasteiger partial charge in [-0.15, -0.1) is 22.7 Å². The van der Waals surface area contributed by atoms with Crippen molar-refractivity contribution in [3.63, 3.8) is 0 Å². The molecule has 0 atom stereocenters. The summed E-state index contributed by atoms with van der Waals surface area (Å²) in [6, 6.07) is 10.4. The smallest absolute Gasteiger partial charge is 0.137 e. The van der Waals surface area contributed by atoms with E-state index in [0.717, 1.165) is 55.6 Å². The van der Waals surface area contributed by atoms with Crippen LogP contribution in [0.3, 0.4) is 0 Å². The van der Waals surface area contributed by atoms with Gasteiger partial charge >= 0.3 is 0 Å². The average Bonchev–Trinajstić information content (AvgIpc) is 3.43. The molecule has 0 unspecified atom stereocenters. The fourth-order valence-electron chi connectivity index (χ4n) is 3.52. The maximum absolute atomic E-state index is 4.82. The SMILES string of the molecule is c1csc(-c2nc(CN3CCN(Cc4cn5ccccc5n4)CC3)cs2)c1. The maximum Gasteiger partial charge on any atom is 0.137 e. The van der Waals surface area contributed by atoms with Gasteiger partial charge in [0.15, 0.2) is 0 Å². The molecule has 0 N–H and O–H groups in total. The Balaban J connectivity index is 1.16. The summed E-state index contributed by atoms with van der Waals surface area (Å²) in [4.78, 5) is 15.8. The second-order valence-corrected chi connectivity index (χ2v) is 8.68. The summed E-state index contributed by atoms with van der Waals surface area (Å²) in [6.07, 6.45) is 4.20. The summed E-state index contributed by atoms with van der Waals surface area (Å²) in [7, 11) is 0. The summed E-state index contributed by atoms with van der Waals surface area (Å²) >= 11 is 3.51. The molecular weight excluding hydrogens is 374 g/mol. The number of imidazole rings is 1. The van der Waals surface area contributed by atoms with Crippen molar-refractivity contribution in [2.45, 2.75) is 13.1 Å². The largest absolute Gasteiger partial charge is 0.307 e. The van der Waals surface area contributed by atoms with Crippen molar-refractivity contribution in [1.82, 2.24) is 24.2 Å². The predicted molar refractivity (Wildman–Crippen MR) is 111 cm³/mol. The molecule has 0 aliphatic carbocycles. The molecule has 4 aromatic heterocycles. The molecule has 1 aliphatic rings. The topological polar surface area (TPSA) is 36.7 Å². The number of hydrogen-bond acceptors (Lipinski definition) is 6. The Labute approximate surface area is 166 Å². The van der Waals surface area contributed by atoms with Gasteiger partial charge < -0.3 is 4.40 Å². The first-order valence-electron chi connectivity index (χ1n) is 9.19. The van der Waals surface area contributed by atoms with Crippen molar-refractivity contribution >= 4 is 28.3 Å². The summed E-state index contributed by atoms with van der Waals surface area (Å²) in [5, 5.41) is 5.46. The lowest BCUT2D eigenvalue weighted by molar-refractivity contribution is 0.120. The fraction of sp³-hybridized carbons (Fsp3) is 0.300. The van der Waals surface area contributed by atoms with Crippen molar-refractivity contribution in [3.8, 4) is 9.88 Å². The van der Waals surface area contributed by atoms with Crippen molar-refractivity contribution in [2.75, 3.05) is 26.2 Å². The molecule has 7 heteroatoms. The number of piperazine rings is 1. The molecule has 0 aromatic carbocycles. The van der Waals surface area contributed by atoms with E-state index < -0.39 is 0 Å². The van der Waals surface area contributed by atoms with E-state index in [1.165, 1.54) is 10.6 Å².